The summed E-state index contributed by atoms with van der Waals surface area (Å²) in [6, 6.07) is 91.2. The third-order valence-electron chi connectivity index (χ3n) is 13.0. The SMILES string of the molecule is c1ccc(-c2cc(-c3ccccc3)cc(-c3nc(-c4cc(-c5ccccc5)cc(-c5ccc(-c6ccccn6)cc5)c4)nc(-c4cc(-c5ccccc5)cc(-c5ccc(-c6ccccn6)cc5)c4)n3)c2)cc1. The number of rotatable bonds is 11. The molecule has 0 amide bonds. The minimum absolute atomic E-state index is 0.567. The van der Waals surface area contributed by atoms with Gasteiger partial charge in [-0.05, 0) is 146 Å². The van der Waals surface area contributed by atoms with Crippen LogP contribution in [0.2, 0.25) is 0 Å². The van der Waals surface area contributed by atoms with Crippen LogP contribution in [0.3, 0.4) is 0 Å². The second-order valence-electron chi connectivity index (χ2n) is 17.8. The van der Waals surface area contributed by atoms with Crippen molar-refractivity contribution in [2.45, 2.75) is 0 Å². The minimum Gasteiger partial charge on any atom is -0.256 e. The number of aromatic nitrogens is 5. The molecule has 0 bridgehead atoms. The highest BCUT2D eigenvalue weighted by molar-refractivity contribution is 5.85. The summed E-state index contributed by atoms with van der Waals surface area (Å²) in [6.07, 6.45) is 3.66. The second-order valence-corrected chi connectivity index (χ2v) is 17.8. The number of hydrogen-bond donors (Lipinski definition) is 0. The Kier molecular flexibility index (Phi) is 11.9. The lowest BCUT2D eigenvalue weighted by Crippen LogP contribution is -2.01. The molecule has 5 heteroatoms. The summed E-state index contributed by atoms with van der Waals surface area (Å²) in [5, 5.41) is 0. The number of nitrogens with zero attached hydrogens (tertiary/aromatic N) is 5. The Morgan fingerprint density at radius 3 is 0.639 bits per heavy atom. The first-order valence-corrected chi connectivity index (χ1v) is 24.1. The molecule has 3 heterocycles. The van der Waals surface area contributed by atoms with Gasteiger partial charge in [-0.2, -0.15) is 0 Å². The fourth-order valence-corrected chi connectivity index (χ4v) is 9.29. The number of pyridine rings is 2. The number of benzene rings is 9. The first kappa shape index (κ1) is 43.6. The Labute approximate surface area is 419 Å². The lowest BCUT2D eigenvalue weighted by molar-refractivity contribution is 1.07. The van der Waals surface area contributed by atoms with E-state index in [2.05, 4.69) is 234 Å². The first-order chi connectivity index (χ1) is 35.6. The van der Waals surface area contributed by atoms with Crippen LogP contribution in [0, 0.1) is 0 Å². The first-order valence-electron chi connectivity index (χ1n) is 24.1. The summed E-state index contributed by atoms with van der Waals surface area (Å²) >= 11 is 0. The van der Waals surface area contributed by atoms with Gasteiger partial charge < -0.3 is 0 Å². The fourth-order valence-electron chi connectivity index (χ4n) is 9.29. The van der Waals surface area contributed by atoms with Gasteiger partial charge in [-0.1, -0.05) is 182 Å². The fraction of sp³-hybridized carbons (Fsp3) is 0. The van der Waals surface area contributed by atoms with Gasteiger partial charge in [0.2, 0.25) is 0 Å². The van der Waals surface area contributed by atoms with Gasteiger partial charge in [0, 0.05) is 40.2 Å². The molecule has 0 radical (unpaired) electrons. The minimum atomic E-state index is 0.567. The van der Waals surface area contributed by atoms with Crippen LogP contribution in [0.5, 0.6) is 0 Å². The zero-order chi connectivity index (χ0) is 48.1. The zero-order valence-corrected chi connectivity index (χ0v) is 39.2. The molecule has 0 atom stereocenters. The average Bonchev–Trinajstić information content (AvgIpc) is 3.48. The van der Waals surface area contributed by atoms with E-state index in [-0.39, 0.29) is 0 Å². The molecule has 3 aromatic heterocycles. The molecule has 0 aliphatic heterocycles. The molecule has 0 saturated carbocycles. The van der Waals surface area contributed by atoms with Crippen molar-refractivity contribution in [1.82, 2.24) is 24.9 Å². The maximum Gasteiger partial charge on any atom is 0.164 e. The highest BCUT2D eigenvalue weighted by Gasteiger charge is 2.19. The molecule has 0 saturated heterocycles. The Morgan fingerprint density at radius 2 is 0.389 bits per heavy atom. The van der Waals surface area contributed by atoms with Crippen molar-refractivity contribution in [1.29, 1.82) is 0 Å². The molecule has 12 rings (SSSR count). The zero-order valence-electron chi connectivity index (χ0n) is 39.2. The quantitative estimate of drug-likeness (QED) is 0.129. The Bertz CT molecular complexity index is 3550. The normalized spacial score (nSPS) is 11.1. The van der Waals surface area contributed by atoms with E-state index in [1.165, 1.54) is 0 Å². The highest BCUT2D eigenvalue weighted by Crippen LogP contribution is 2.38. The van der Waals surface area contributed by atoms with Crippen molar-refractivity contribution in [2.24, 2.45) is 0 Å². The van der Waals surface area contributed by atoms with Crippen molar-refractivity contribution >= 4 is 0 Å². The van der Waals surface area contributed by atoms with Crippen LogP contribution < -0.4 is 0 Å². The van der Waals surface area contributed by atoms with Crippen LogP contribution in [-0.4, -0.2) is 24.9 Å². The Hall–Kier alpha value is -9.71. The van der Waals surface area contributed by atoms with Gasteiger partial charge in [0.1, 0.15) is 0 Å². The smallest absolute Gasteiger partial charge is 0.164 e. The average molecular weight is 920 g/mol. The van der Waals surface area contributed by atoms with Crippen molar-refractivity contribution in [3.63, 3.8) is 0 Å². The van der Waals surface area contributed by atoms with Crippen LogP contribution in [-0.2, 0) is 0 Å². The molecular weight excluding hydrogens is 875 g/mol. The second kappa shape index (κ2) is 19.7. The molecule has 5 nitrogen and oxygen atoms in total. The van der Waals surface area contributed by atoms with E-state index in [0.717, 1.165) is 106 Å². The maximum absolute atomic E-state index is 5.47. The van der Waals surface area contributed by atoms with Crippen LogP contribution >= 0.6 is 0 Å². The summed E-state index contributed by atoms with van der Waals surface area (Å²) in [5.41, 5.74) is 19.5. The predicted octanol–water partition coefficient (Wildman–Crippen LogP) is 17.0. The van der Waals surface area contributed by atoms with Crippen LogP contribution in [0.15, 0.2) is 273 Å². The van der Waals surface area contributed by atoms with Crippen molar-refractivity contribution < 1.29 is 0 Å². The van der Waals surface area contributed by atoms with E-state index in [0.29, 0.717) is 17.5 Å². The summed E-state index contributed by atoms with van der Waals surface area (Å²) in [7, 11) is 0. The third-order valence-corrected chi connectivity index (χ3v) is 13.0. The van der Waals surface area contributed by atoms with Gasteiger partial charge in [0.25, 0.3) is 0 Å². The van der Waals surface area contributed by atoms with Gasteiger partial charge in [0.05, 0.1) is 11.4 Å². The molecule has 0 N–H and O–H groups in total. The summed E-state index contributed by atoms with van der Waals surface area (Å²) < 4.78 is 0. The third kappa shape index (κ3) is 9.38. The molecule has 0 aliphatic rings. The molecule has 9 aromatic carbocycles. The molecule has 72 heavy (non-hydrogen) atoms. The molecule has 338 valence electrons. The monoisotopic (exact) mass is 919 g/mol. The van der Waals surface area contributed by atoms with E-state index in [4.69, 9.17) is 15.0 Å². The molecule has 0 spiro atoms. The van der Waals surface area contributed by atoms with E-state index in [1.807, 2.05) is 48.8 Å². The summed E-state index contributed by atoms with van der Waals surface area (Å²) in [6.45, 7) is 0. The predicted molar refractivity (Wildman–Crippen MR) is 295 cm³/mol. The van der Waals surface area contributed by atoms with E-state index in [9.17, 15) is 0 Å². The van der Waals surface area contributed by atoms with Gasteiger partial charge >= 0.3 is 0 Å². The molecule has 12 aromatic rings. The standard InChI is InChI=1S/C67H45N5/c1-5-17-46(18-6-1)54-37-55(47-19-7-2-8-20-47)41-60(40-54)65-70-66(61-42-56(48-21-9-3-10-22-48)38-58(44-61)50-27-31-52(32-28-50)63-25-13-15-35-68-63)72-67(71-65)62-43-57(49-23-11-4-12-24-49)39-59(45-62)51-29-33-53(34-30-51)64-26-14-16-36-69-64/h1-45H. The Morgan fingerprint density at radius 1 is 0.167 bits per heavy atom. The maximum atomic E-state index is 5.47. The summed E-state index contributed by atoms with van der Waals surface area (Å²) in [5.74, 6) is 1.71. The largest absolute Gasteiger partial charge is 0.256 e. The lowest BCUT2D eigenvalue weighted by Gasteiger charge is -2.15. The molecule has 0 fully saturated rings. The molecular formula is C67H45N5. The van der Waals surface area contributed by atoms with Crippen LogP contribution in [0.25, 0.3) is 123 Å². The Balaban J connectivity index is 1.08. The van der Waals surface area contributed by atoms with E-state index in [1.54, 1.807) is 0 Å². The van der Waals surface area contributed by atoms with Crippen molar-refractivity contribution in [3.8, 4) is 123 Å². The van der Waals surface area contributed by atoms with Gasteiger partial charge in [-0.15, -0.1) is 0 Å². The number of hydrogen-bond acceptors (Lipinski definition) is 5. The van der Waals surface area contributed by atoms with Gasteiger partial charge in [0.15, 0.2) is 17.5 Å². The molecule has 0 aliphatic carbocycles. The summed E-state index contributed by atoms with van der Waals surface area (Å²) in [4.78, 5) is 25.6. The lowest BCUT2D eigenvalue weighted by atomic mass is 9.94. The van der Waals surface area contributed by atoms with Gasteiger partial charge in [-0.3, -0.25) is 9.97 Å². The highest BCUT2D eigenvalue weighted by atomic mass is 15.0. The van der Waals surface area contributed by atoms with Gasteiger partial charge in [-0.25, -0.2) is 15.0 Å². The van der Waals surface area contributed by atoms with Crippen molar-refractivity contribution in [2.75, 3.05) is 0 Å². The topological polar surface area (TPSA) is 64.5 Å². The van der Waals surface area contributed by atoms with Crippen LogP contribution in [0.4, 0.5) is 0 Å². The van der Waals surface area contributed by atoms with Crippen LogP contribution in [0.1, 0.15) is 0 Å². The van der Waals surface area contributed by atoms with E-state index < -0.39 is 0 Å². The van der Waals surface area contributed by atoms with Crippen molar-refractivity contribution in [3.05, 3.63) is 273 Å². The molecule has 0 unspecified atom stereocenters. The van der Waals surface area contributed by atoms with E-state index >= 15 is 0 Å².